The summed E-state index contributed by atoms with van der Waals surface area (Å²) in [5.74, 6) is 1.94. The molecule has 0 aromatic heterocycles. The first-order valence-corrected chi connectivity index (χ1v) is 5.20. The van der Waals surface area contributed by atoms with Gasteiger partial charge in [-0.3, -0.25) is 0 Å². The number of hydrogen-bond donors (Lipinski definition) is 1. The van der Waals surface area contributed by atoms with E-state index in [9.17, 15) is 0 Å². The average molecular weight is 192 g/mol. The predicted molar refractivity (Wildman–Crippen MR) is 55.5 cm³/mol. The largest absolute Gasteiger partial charge is 0.508 e. The second-order valence-corrected chi connectivity index (χ2v) is 4.15. The topological polar surface area (TPSA) is 29.5 Å². The third-order valence-electron chi connectivity index (χ3n) is 2.79. The van der Waals surface area contributed by atoms with E-state index in [4.69, 9.17) is 9.84 Å². The molecule has 0 heterocycles. The Balaban J connectivity index is 1.94. The maximum atomic E-state index is 9.10. The summed E-state index contributed by atoms with van der Waals surface area (Å²) in [5.41, 5.74) is 0. The molecule has 2 heteroatoms. The van der Waals surface area contributed by atoms with Crippen molar-refractivity contribution in [1.29, 1.82) is 0 Å². The van der Waals surface area contributed by atoms with Crippen molar-refractivity contribution < 1.29 is 9.84 Å². The number of phenols is 1. The molecule has 14 heavy (non-hydrogen) atoms. The molecule has 2 rings (SSSR count). The van der Waals surface area contributed by atoms with Crippen molar-refractivity contribution in [2.24, 2.45) is 5.92 Å². The van der Waals surface area contributed by atoms with E-state index < -0.39 is 0 Å². The van der Waals surface area contributed by atoms with Crippen LogP contribution in [-0.4, -0.2) is 11.2 Å². The molecule has 0 amide bonds. The molecule has 0 saturated heterocycles. The van der Waals surface area contributed by atoms with Crippen molar-refractivity contribution in [3.63, 3.8) is 0 Å². The Morgan fingerprint density at radius 1 is 1.21 bits per heavy atom. The Labute approximate surface area is 84.5 Å². The van der Waals surface area contributed by atoms with Gasteiger partial charge in [0.2, 0.25) is 0 Å². The van der Waals surface area contributed by atoms with Crippen LogP contribution in [0.2, 0.25) is 0 Å². The van der Waals surface area contributed by atoms with Crippen molar-refractivity contribution in [3.8, 4) is 11.5 Å². The lowest BCUT2D eigenvalue weighted by molar-refractivity contribution is 0.205. The second kappa shape index (κ2) is 3.91. The first kappa shape index (κ1) is 9.38. The molecule has 1 saturated carbocycles. The molecule has 0 spiro atoms. The molecule has 0 aliphatic heterocycles. The van der Waals surface area contributed by atoms with Crippen LogP contribution in [0.1, 0.15) is 26.2 Å². The lowest BCUT2D eigenvalue weighted by Crippen LogP contribution is -2.11. The monoisotopic (exact) mass is 192 g/mol. The van der Waals surface area contributed by atoms with E-state index in [0.29, 0.717) is 6.10 Å². The molecule has 1 N–H and O–H groups in total. The highest BCUT2D eigenvalue weighted by Crippen LogP contribution is 2.29. The zero-order chi connectivity index (χ0) is 9.97. The Morgan fingerprint density at radius 3 is 2.50 bits per heavy atom. The van der Waals surface area contributed by atoms with Gasteiger partial charge >= 0.3 is 0 Å². The smallest absolute Gasteiger partial charge is 0.119 e. The summed E-state index contributed by atoms with van der Waals surface area (Å²) in [6.45, 7) is 2.26. The molecule has 1 aliphatic rings. The Hall–Kier alpha value is -1.18. The number of benzene rings is 1. The van der Waals surface area contributed by atoms with E-state index in [1.807, 2.05) is 12.1 Å². The summed E-state index contributed by atoms with van der Waals surface area (Å²) in [4.78, 5) is 0. The van der Waals surface area contributed by atoms with Gasteiger partial charge in [-0.25, -0.2) is 0 Å². The molecule has 1 aromatic carbocycles. The van der Waals surface area contributed by atoms with Gasteiger partial charge in [0.15, 0.2) is 0 Å². The van der Waals surface area contributed by atoms with Crippen LogP contribution in [0, 0.1) is 5.92 Å². The molecule has 2 nitrogen and oxygen atoms in total. The minimum absolute atomic E-state index is 0.289. The normalized spacial score (nSPS) is 26.4. The van der Waals surface area contributed by atoms with E-state index in [-0.39, 0.29) is 5.75 Å². The summed E-state index contributed by atoms with van der Waals surface area (Å²) in [6, 6.07) is 6.96. The molecule has 0 bridgehead atoms. The third kappa shape index (κ3) is 2.19. The van der Waals surface area contributed by atoms with Gasteiger partial charge in [-0.15, -0.1) is 0 Å². The molecular weight excluding hydrogens is 176 g/mol. The van der Waals surface area contributed by atoms with Crippen LogP contribution in [0.25, 0.3) is 0 Å². The number of ether oxygens (including phenoxy) is 1. The Bertz CT molecular complexity index is 292. The molecule has 1 aliphatic carbocycles. The van der Waals surface area contributed by atoms with Gasteiger partial charge in [0.25, 0.3) is 0 Å². The van der Waals surface area contributed by atoms with Gasteiger partial charge in [-0.05, 0) is 49.4 Å². The summed E-state index contributed by atoms with van der Waals surface area (Å²) in [6.07, 6.45) is 3.95. The van der Waals surface area contributed by atoms with Crippen LogP contribution in [0.15, 0.2) is 24.3 Å². The summed E-state index contributed by atoms with van der Waals surface area (Å²) in [5, 5.41) is 9.10. The summed E-state index contributed by atoms with van der Waals surface area (Å²) < 4.78 is 5.79. The Kier molecular flexibility index (Phi) is 2.62. The maximum Gasteiger partial charge on any atom is 0.119 e. The van der Waals surface area contributed by atoms with E-state index in [2.05, 4.69) is 6.92 Å². The highest BCUT2D eigenvalue weighted by atomic mass is 16.5. The van der Waals surface area contributed by atoms with Crippen LogP contribution >= 0.6 is 0 Å². The third-order valence-corrected chi connectivity index (χ3v) is 2.79. The lowest BCUT2D eigenvalue weighted by atomic mass is 10.1. The van der Waals surface area contributed by atoms with Crippen molar-refractivity contribution in [2.75, 3.05) is 0 Å². The zero-order valence-electron chi connectivity index (χ0n) is 8.44. The predicted octanol–water partition coefficient (Wildman–Crippen LogP) is 2.96. The highest BCUT2D eigenvalue weighted by molar-refractivity contribution is 5.30. The van der Waals surface area contributed by atoms with Crippen molar-refractivity contribution in [1.82, 2.24) is 0 Å². The first-order valence-electron chi connectivity index (χ1n) is 5.20. The van der Waals surface area contributed by atoms with Crippen LogP contribution < -0.4 is 4.74 Å². The van der Waals surface area contributed by atoms with Gasteiger partial charge in [0, 0.05) is 0 Å². The second-order valence-electron chi connectivity index (χ2n) is 4.15. The van der Waals surface area contributed by atoms with Crippen molar-refractivity contribution in [2.45, 2.75) is 32.3 Å². The molecule has 76 valence electrons. The van der Waals surface area contributed by atoms with Gasteiger partial charge < -0.3 is 9.84 Å². The lowest BCUT2D eigenvalue weighted by Gasteiger charge is -2.13. The van der Waals surface area contributed by atoms with E-state index in [0.717, 1.165) is 24.5 Å². The number of hydrogen-bond acceptors (Lipinski definition) is 2. The number of phenolic OH excluding ortho intramolecular Hbond substituents is 1. The van der Waals surface area contributed by atoms with Crippen molar-refractivity contribution >= 4 is 0 Å². The minimum Gasteiger partial charge on any atom is -0.508 e. The minimum atomic E-state index is 0.289. The maximum absolute atomic E-state index is 9.10. The summed E-state index contributed by atoms with van der Waals surface area (Å²) in [7, 11) is 0. The van der Waals surface area contributed by atoms with Gasteiger partial charge in [-0.2, -0.15) is 0 Å². The quantitative estimate of drug-likeness (QED) is 0.780. The fourth-order valence-electron chi connectivity index (χ4n) is 1.98. The molecule has 0 unspecified atom stereocenters. The Morgan fingerprint density at radius 2 is 1.93 bits per heavy atom. The molecule has 0 radical (unpaired) electrons. The van der Waals surface area contributed by atoms with Crippen LogP contribution in [-0.2, 0) is 0 Å². The van der Waals surface area contributed by atoms with Crippen LogP contribution in [0.3, 0.4) is 0 Å². The van der Waals surface area contributed by atoms with Gasteiger partial charge in [0.1, 0.15) is 11.5 Å². The molecular formula is C12H16O2. The van der Waals surface area contributed by atoms with Crippen molar-refractivity contribution in [3.05, 3.63) is 24.3 Å². The fourth-order valence-corrected chi connectivity index (χ4v) is 1.98. The SMILES string of the molecule is C[C@@H]1CC[C@H](Oc2ccc(O)cc2)C1. The average Bonchev–Trinajstić information content (AvgIpc) is 2.56. The number of rotatable bonds is 2. The van der Waals surface area contributed by atoms with Crippen LogP contribution in [0.4, 0.5) is 0 Å². The molecule has 1 fully saturated rings. The standard InChI is InChI=1S/C12H16O2/c1-9-2-5-12(8-9)14-11-6-3-10(13)4-7-11/h3-4,6-7,9,12-13H,2,5,8H2,1H3/t9-,12+/m1/s1. The van der Waals surface area contributed by atoms with Crippen LogP contribution in [0.5, 0.6) is 11.5 Å². The highest BCUT2D eigenvalue weighted by Gasteiger charge is 2.22. The van der Waals surface area contributed by atoms with E-state index >= 15 is 0 Å². The van der Waals surface area contributed by atoms with Gasteiger partial charge in [0.05, 0.1) is 6.10 Å². The fraction of sp³-hybridized carbons (Fsp3) is 0.500. The first-order chi connectivity index (χ1) is 6.74. The summed E-state index contributed by atoms with van der Waals surface area (Å²) >= 11 is 0. The number of aromatic hydroxyl groups is 1. The molecule has 2 atom stereocenters. The van der Waals surface area contributed by atoms with Gasteiger partial charge in [-0.1, -0.05) is 6.92 Å². The van der Waals surface area contributed by atoms with E-state index in [1.165, 1.54) is 6.42 Å². The molecule has 1 aromatic rings. The zero-order valence-corrected chi connectivity index (χ0v) is 8.44. The van der Waals surface area contributed by atoms with E-state index in [1.54, 1.807) is 12.1 Å².